The molecule has 3 rings (SSSR count). The summed E-state index contributed by atoms with van der Waals surface area (Å²) in [5, 5.41) is 9.40. The summed E-state index contributed by atoms with van der Waals surface area (Å²) in [6.07, 6.45) is 8.33. The van der Waals surface area contributed by atoms with Crippen molar-refractivity contribution < 1.29 is 5.11 Å². The Morgan fingerprint density at radius 2 is 2.00 bits per heavy atom. The first-order chi connectivity index (χ1) is 5.36. The van der Waals surface area contributed by atoms with Gasteiger partial charge in [-0.3, -0.25) is 0 Å². The fourth-order valence-electron chi connectivity index (χ4n) is 2.09. The molecule has 1 saturated carbocycles. The predicted molar refractivity (Wildman–Crippen MR) is 43.1 cm³/mol. The lowest BCUT2D eigenvalue weighted by Gasteiger charge is -2.03. The van der Waals surface area contributed by atoms with Crippen molar-refractivity contribution in [3.63, 3.8) is 0 Å². The van der Waals surface area contributed by atoms with E-state index in [0.717, 1.165) is 18.4 Å². The molecule has 11 heavy (non-hydrogen) atoms. The first-order valence-corrected chi connectivity index (χ1v) is 3.90. The molecule has 0 atom stereocenters. The number of aliphatic hydroxyl groups is 1. The first kappa shape index (κ1) is 5.42. The quantitative estimate of drug-likeness (QED) is 0.553. The van der Waals surface area contributed by atoms with Gasteiger partial charge in [-0.15, -0.1) is 0 Å². The average Bonchev–Trinajstić information content (AvgIpc) is 2.52. The van der Waals surface area contributed by atoms with Crippen LogP contribution >= 0.6 is 0 Å². The zero-order valence-electron chi connectivity index (χ0n) is 6.09. The molecule has 1 N–H and O–H groups in total. The van der Waals surface area contributed by atoms with Crippen molar-refractivity contribution in [2.24, 2.45) is 0 Å². The van der Waals surface area contributed by atoms with Crippen molar-refractivity contribution in [2.45, 2.75) is 12.8 Å². The molecule has 1 fully saturated rings. The highest BCUT2D eigenvalue weighted by Crippen LogP contribution is 2.48. The van der Waals surface area contributed by atoms with Gasteiger partial charge in [-0.1, -0.05) is 12.2 Å². The Hall–Kier alpha value is -1.24. The minimum absolute atomic E-state index is 0.491. The molecule has 0 radical (unpaired) electrons. The maximum atomic E-state index is 9.40. The SMILES string of the molecule is OC1=C2CC(=C1)C1=CCC=C12. The normalized spacial score (nSPS) is 25.3. The summed E-state index contributed by atoms with van der Waals surface area (Å²) >= 11 is 0. The van der Waals surface area contributed by atoms with Crippen LogP contribution in [0.2, 0.25) is 0 Å². The van der Waals surface area contributed by atoms with Gasteiger partial charge in [0.1, 0.15) is 5.76 Å². The standard InChI is InChI=1S/C10H8O/c11-10-5-6-4-9(10)8-3-1-2-7(6)8/h2-3,5,11H,1,4H2. The zero-order chi connectivity index (χ0) is 7.42. The summed E-state index contributed by atoms with van der Waals surface area (Å²) in [5.74, 6) is 0.491. The van der Waals surface area contributed by atoms with Gasteiger partial charge in [0, 0.05) is 12.0 Å². The summed E-state index contributed by atoms with van der Waals surface area (Å²) in [6.45, 7) is 0. The molecular weight excluding hydrogens is 136 g/mol. The summed E-state index contributed by atoms with van der Waals surface area (Å²) in [4.78, 5) is 0. The monoisotopic (exact) mass is 144 g/mol. The Morgan fingerprint density at radius 3 is 2.91 bits per heavy atom. The highest BCUT2D eigenvalue weighted by molar-refractivity contribution is 5.72. The van der Waals surface area contributed by atoms with E-state index in [1.165, 1.54) is 16.7 Å². The van der Waals surface area contributed by atoms with E-state index in [2.05, 4.69) is 12.2 Å². The van der Waals surface area contributed by atoms with Crippen LogP contribution in [0.15, 0.2) is 46.3 Å². The highest BCUT2D eigenvalue weighted by Gasteiger charge is 2.32. The van der Waals surface area contributed by atoms with Gasteiger partial charge in [-0.05, 0) is 29.2 Å². The van der Waals surface area contributed by atoms with E-state index in [-0.39, 0.29) is 0 Å². The second kappa shape index (κ2) is 1.50. The average molecular weight is 144 g/mol. The fourth-order valence-corrected chi connectivity index (χ4v) is 2.09. The summed E-state index contributed by atoms with van der Waals surface area (Å²) in [5.41, 5.74) is 5.11. The molecule has 2 bridgehead atoms. The number of allylic oxidation sites excluding steroid dienone is 7. The fraction of sp³-hybridized carbons (Fsp3) is 0.200. The predicted octanol–water partition coefficient (Wildman–Crippen LogP) is 2.40. The van der Waals surface area contributed by atoms with Crippen molar-refractivity contribution in [1.82, 2.24) is 0 Å². The Balaban J connectivity index is 2.32. The van der Waals surface area contributed by atoms with Crippen LogP contribution in [0.25, 0.3) is 0 Å². The Kier molecular flexibility index (Phi) is 0.738. The molecule has 3 aliphatic carbocycles. The summed E-state index contributed by atoms with van der Waals surface area (Å²) in [6, 6.07) is 0. The molecule has 0 aromatic rings. The second-order valence-corrected chi connectivity index (χ2v) is 3.18. The van der Waals surface area contributed by atoms with Gasteiger partial charge in [0.15, 0.2) is 0 Å². The molecule has 0 spiro atoms. The van der Waals surface area contributed by atoms with Crippen molar-refractivity contribution in [3.8, 4) is 0 Å². The van der Waals surface area contributed by atoms with E-state index in [9.17, 15) is 5.11 Å². The molecule has 0 heterocycles. The van der Waals surface area contributed by atoms with Crippen molar-refractivity contribution in [3.05, 3.63) is 46.3 Å². The van der Waals surface area contributed by atoms with Crippen molar-refractivity contribution in [2.75, 3.05) is 0 Å². The Morgan fingerprint density at radius 1 is 1.18 bits per heavy atom. The second-order valence-electron chi connectivity index (χ2n) is 3.18. The lowest BCUT2D eigenvalue weighted by Crippen LogP contribution is -1.87. The number of fused-ring (bicyclic) bond motifs is 5. The highest BCUT2D eigenvalue weighted by atomic mass is 16.3. The lowest BCUT2D eigenvalue weighted by atomic mass is 10.0. The van der Waals surface area contributed by atoms with Crippen LogP contribution < -0.4 is 0 Å². The molecule has 0 aromatic heterocycles. The lowest BCUT2D eigenvalue weighted by molar-refractivity contribution is 0.429. The topological polar surface area (TPSA) is 20.2 Å². The number of hydrogen-bond donors (Lipinski definition) is 1. The Labute approximate surface area is 65.0 Å². The van der Waals surface area contributed by atoms with E-state index >= 15 is 0 Å². The van der Waals surface area contributed by atoms with Crippen LogP contribution in [0.1, 0.15) is 12.8 Å². The third kappa shape index (κ3) is 0.484. The minimum Gasteiger partial charge on any atom is -0.508 e. The molecular formula is C10H8O. The van der Waals surface area contributed by atoms with Crippen LogP contribution in [0.4, 0.5) is 0 Å². The van der Waals surface area contributed by atoms with Gasteiger partial charge in [-0.25, -0.2) is 0 Å². The van der Waals surface area contributed by atoms with Gasteiger partial charge in [0.2, 0.25) is 0 Å². The molecule has 0 saturated heterocycles. The van der Waals surface area contributed by atoms with Crippen LogP contribution in [0, 0.1) is 0 Å². The van der Waals surface area contributed by atoms with Crippen LogP contribution in [-0.2, 0) is 0 Å². The zero-order valence-corrected chi connectivity index (χ0v) is 6.09. The van der Waals surface area contributed by atoms with Gasteiger partial charge in [0.05, 0.1) is 0 Å². The molecule has 1 heteroatoms. The maximum Gasteiger partial charge on any atom is 0.120 e. The molecule has 0 amide bonds. The smallest absolute Gasteiger partial charge is 0.120 e. The molecule has 1 nitrogen and oxygen atoms in total. The molecule has 3 aliphatic rings. The largest absolute Gasteiger partial charge is 0.508 e. The van der Waals surface area contributed by atoms with E-state index in [1.807, 2.05) is 6.08 Å². The van der Waals surface area contributed by atoms with Gasteiger partial charge >= 0.3 is 0 Å². The number of aliphatic hydroxyl groups excluding tert-OH is 1. The Bertz CT molecular complexity index is 364. The minimum atomic E-state index is 0.491. The summed E-state index contributed by atoms with van der Waals surface area (Å²) in [7, 11) is 0. The third-order valence-electron chi connectivity index (χ3n) is 2.59. The molecule has 0 unspecified atom stereocenters. The van der Waals surface area contributed by atoms with Gasteiger partial charge in [0.25, 0.3) is 0 Å². The van der Waals surface area contributed by atoms with Crippen LogP contribution in [-0.4, -0.2) is 5.11 Å². The van der Waals surface area contributed by atoms with Gasteiger partial charge < -0.3 is 5.11 Å². The third-order valence-corrected chi connectivity index (χ3v) is 2.59. The van der Waals surface area contributed by atoms with Crippen LogP contribution in [0.5, 0.6) is 0 Å². The van der Waals surface area contributed by atoms with Crippen LogP contribution in [0.3, 0.4) is 0 Å². The van der Waals surface area contributed by atoms with Crippen molar-refractivity contribution in [1.29, 1.82) is 0 Å². The number of hydrogen-bond acceptors (Lipinski definition) is 1. The van der Waals surface area contributed by atoms with E-state index in [0.29, 0.717) is 5.76 Å². The first-order valence-electron chi connectivity index (χ1n) is 3.90. The van der Waals surface area contributed by atoms with E-state index in [4.69, 9.17) is 0 Å². The maximum absolute atomic E-state index is 9.40. The molecule has 54 valence electrons. The van der Waals surface area contributed by atoms with E-state index in [1.54, 1.807) is 0 Å². The van der Waals surface area contributed by atoms with Gasteiger partial charge in [-0.2, -0.15) is 0 Å². The molecule has 0 aromatic carbocycles. The molecule has 0 aliphatic heterocycles. The van der Waals surface area contributed by atoms with Crippen molar-refractivity contribution >= 4 is 0 Å². The van der Waals surface area contributed by atoms with E-state index < -0.39 is 0 Å². The summed E-state index contributed by atoms with van der Waals surface area (Å²) < 4.78 is 0. The number of rotatable bonds is 0.